The van der Waals surface area contributed by atoms with E-state index in [1.165, 1.54) is 21.2 Å². The number of benzene rings is 1. The lowest BCUT2D eigenvalue weighted by atomic mass is 9.98. The third-order valence-electron chi connectivity index (χ3n) is 5.05. The molecule has 1 atom stereocenters. The fourth-order valence-electron chi connectivity index (χ4n) is 3.44. The van der Waals surface area contributed by atoms with Crippen LogP contribution in [-0.4, -0.2) is 43.7 Å². The van der Waals surface area contributed by atoms with Gasteiger partial charge in [0.2, 0.25) is 5.91 Å². The van der Waals surface area contributed by atoms with Gasteiger partial charge in [0.1, 0.15) is 4.21 Å². The number of amides is 1. The number of carbonyl (C=O) groups is 1. The number of hydrogen-bond acceptors (Lipinski definition) is 4. The summed E-state index contributed by atoms with van der Waals surface area (Å²) in [5.74, 6) is -0.269. The first-order valence-electron chi connectivity index (χ1n) is 9.28. The van der Waals surface area contributed by atoms with Crippen molar-refractivity contribution in [1.82, 2.24) is 9.21 Å². The number of piperidine rings is 1. The second-order valence-electron chi connectivity index (χ2n) is 7.00. The lowest BCUT2D eigenvalue weighted by Crippen LogP contribution is -2.45. The first kappa shape index (κ1) is 20.0. The highest BCUT2D eigenvalue weighted by atomic mass is 32.2. The average Bonchev–Trinajstić information content (AvgIpc) is 3.24. The van der Waals surface area contributed by atoms with Gasteiger partial charge in [0.15, 0.2) is 0 Å². The van der Waals surface area contributed by atoms with E-state index in [2.05, 4.69) is 31.2 Å². The molecule has 0 spiro atoms. The van der Waals surface area contributed by atoms with E-state index in [9.17, 15) is 13.2 Å². The second kappa shape index (κ2) is 8.54. The van der Waals surface area contributed by atoms with Crippen molar-refractivity contribution in [2.45, 2.75) is 36.9 Å². The van der Waals surface area contributed by atoms with Crippen LogP contribution in [0.25, 0.3) is 0 Å². The summed E-state index contributed by atoms with van der Waals surface area (Å²) in [6.07, 6.45) is 2.43. The summed E-state index contributed by atoms with van der Waals surface area (Å²) < 4.78 is 27.3. The molecule has 27 heavy (non-hydrogen) atoms. The van der Waals surface area contributed by atoms with Crippen LogP contribution in [0.15, 0.2) is 46.0 Å². The maximum Gasteiger partial charge on any atom is 0.252 e. The third kappa shape index (κ3) is 4.59. The molecule has 146 valence electrons. The summed E-state index contributed by atoms with van der Waals surface area (Å²) in [4.78, 5) is 14.6. The molecule has 2 heterocycles. The predicted octanol–water partition coefficient (Wildman–Crippen LogP) is 3.37. The Morgan fingerprint density at radius 1 is 1.22 bits per heavy atom. The van der Waals surface area contributed by atoms with Crippen molar-refractivity contribution in [3.8, 4) is 0 Å². The minimum absolute atomic E-state index is 0.0145. The van der Waals surface area contributed by atoms with Crippen LogP contribution in [0, 0.1) is 5.92 Å². The van der Waals surface area contributed by atoms with Crippen LogP contribution in [0.1, 0.15) is 30.9 Å². The molecule has 1 amide bonds. The van der Waals surface area contributed by atoms with Gasteiger partial charge >= 0.3 is 0 Å². The fraction of sp³-hybridized carbons (Fsp3) is 0.450. The number of rotatable bonds is 6. The maximum absolute atomic E-state index is 12.9. The highest BCUT2D eigenvalue weighted by Crippen LogP contribution is 2.27. The van der Waals surface area contributed by atoms with E-state index in [4.69, 9.17) is 0 Å². The molecule has 1 fully saturated rings. The van der Waals surface area contributed by atoms with Gasteiger partial charge in [-0.2, -0.15) is 4.31 Å². The molecule has 1 unspecified atom stereocenters. The first-order valence-corrected chi connectivity index (χ1v) is 11.6. The van der Waals surface area contributed by atoms with Crippen molar-refractivity contribution in [3.05, 3.63) is 52.9 Å². The van der Waals surface area contributed by atoms with E-state index < -0.39 is 10.0 Å². The third-order valence-corrected chi connectivity index (χ3v) is 8.29. The van der Waals surface area contributed by atoms with Crippen LogP contribution in [0.3, 0.4) is 0 Å². The molecule has 5 nitrogen and oxygen atoms in total. The largest absolute Gasteiger partial charge is 0.341 e. The van der Waals surface area contributed by atoms with Gasteiger partial charge in [-0.15, -0.1) is 11.3 Å². The Hall–Kier alpha value is -1.70. The molecule has 0 saturated carbocycles. The number of thiophene rings is 1. The maximum atomic E-state index is 12.9. The van der Waals surface area contributed by atoms with Crippen molar-refractivity contribution in [2.24, 2.45) is 5.92 Å². The van der Waals surface area contributed by atoms with Gasteiger partial charge in [-0.05, 0) is 41.8 Å². The van der Waals surface area contributed by atoms with E-state index in [1.807, 2.05) is 0 Å². The van der Waals surface area contributed by atoms with Crippen molar-refractivity contribution in [1.29, 1.82) is 0 Å². The average molecular weight is 407 g/mol. The van der Waals surface area contributed by atoms with E-state index in [-0.39, 0.29) is 18.4 Å². The van der Waals surface area contributed by atoms with Gasteiger partial charge in [0, 0.05) is 26.7 Å². The van der Waals surface area contributed by atoms with E-state index in [0.717, 1.165) is 18.4 Å². The van der Waals surface area contributed by atoms with Crippen LogP contribution in [0.5, 0.6) is 0 Å². The first-order chi connectivity index (χ1) is 12.9. The van der Waals surface area contributed by atoms with Crippen LogP contribution in [0.4, 0.5) is 0 Å². The molecule has 0 bridgehead atoms. The quantitative estimate of drug-likeness (QED) is 0.739. The van der Waals surface area contributed by atoms with Crippen LogP contribution in [-0.2, 0) is 27.8 Å². The molecule has 7 heteroatoms. The Kier molecular flexibility index (Phi) is 6.34. The van der Waals surface area contributed by atoms with Gasteiger partial charge in [-0.3, -0.25) is 4.79 Å². The lowest BCUT2D eigenvalue weighted by Gasteiger charge is -2.33. The smallest absolute Gasteiger partial charge is 0.252 e. The number of nitrogens with zero attached hydrogens (tertiary/aromatic N) is 2. The molecule has 1 aliphatic rings. The van der Waals surface area contributed by atoms with Crippen molar-refractivity contribution in [2.75, 3.05) is 20.1 Å². The number of aryl methyl sites for hydroxylation is 1. The summed E-state index contributed by atoms with van der Waals surface area (Å²) in [6, 6.07) is 11.6. The minimum Gasteiger partial charge on any atom is -0.341 e. The molecule has 1 aliphatic heterocycles. The SMILES string of the molecule is CCc1ccc(CN(C)C(=O)C2CCCN(S(=O)(=O)c3cccs3)C2)cc1. The molecule has 1 aromatic carbocycles. The summed E-state index contributed by atoms with van der Waals surface area (Å²) in [7, 11) is -1.70. The highest BCUT2D eigenvalue weighted by molar-refractivity contribution is 7.91. The van der Waals surface area contributed by atoms with Crippen molar-refractivity contribution >= 4 is 27.3 Å². The second-order valence-corrected chi connectivity index (χ2v) is 10.1. The summed E-state index contributed by atoms with van der Waals surface area (Å²) in [6.45, 7) is 3.39. The Balaban J connectivity index is 1.65. The molecule has 3 rings (SSSR count). The van der Waals surface area contributed by atoms with Crippen LogP contribution in [0.2, 0.25) is 0 Å². The lowest BCUT2D eigenvalue weighted by molar-refractivity contribution is -0.135. The molecule has 1 saturated heterocycles. The number of sulfonamides is 1. The Bertz CT molecular complexity index is 861. The van der Waals surface area contributed by atoms with E-state index in [1.54, 1.807) is 29.5 Å². The molecule has 2 aromatic rings. The number of hydrogen-bond donors (Lipinski definition) is 0. The van der Waals surface area contributed by atoms with Crippen LogP contribution < -0.4 is 0 Å². The topological polar surface area (TPSA) is 57.7 Å². The molecule has 1 aromatic heterocycles. The zero-order chi connectivity index (χ0) is 19.4. The standard InChI is InChI=1S/C20H26N2O3S2/c1-3-16-8-10-17(11-9-16)14-21(2)20(23)18-6-4-12-22(15-18)27(24,25)19-7-5-13-26-19/h5,7-11,13,18H,3-4,6,12,14-15H2,1-2H3. The van der Waals surface area contributed by atoms with Gasteiger partial charge in [0.25, 0.3) is 10.0 Å². The molecule has 0 aliphatic carbocycles. The molecular formula is C20H26N2O3S2. The van der Waals surface area contributed by atoms with E-state index >= 15 is 0 Å². The zero-order valence-electron chi connectivity index (χ0n) is 15.8. The normalized spacial score (nSPS) is 18.4. The minimum atomic E-state index is -3.50. The highest BCUT2D eigenvalue weighted by Gasteiger charge is 2.34. The molecular weight excluding hydrogens is 380 g/mol. The predicted molar refractivity (Wildman–Crippen MR) is 108 cm³/mol. The van der Waals surface area contributed by atoms with E-state index in [0.29, 0.717) is 23.7 Å². The van der Waals surface area contributed by atoms with Crippen molar-refractivity contribution < 1.29 is 13.2 Å². The summed E-state index contributed by atoms with van der Waals surface area (Å²) in [5, 5.41) is 1.76. The van der Waals surface area contributed by atoms with Gasteiger partial charge in [-0.1, -0.05) is 37.3 Å². The van der Waals surface area contributed by atoms with Gasteiger partial charge in [0.05, 0.1) is 5.92 Å². The zero-order valence-corrected chi connectivity index (χ0v) is 17.4. The fourth-order valence-corrected chi connectivity index (χ4v) is 6.11. The Labute approximate surface area is 165 Å². The number of carbonyl (C=O) groups excluding carboxylic acids is 1. The van der Waals surface area contributed by atoms with Gasteiger partial charge in [-0.25, -0.2) is 8.42 Å². The van der Waals surface area contributed by atoms with Crippen molar-refractivity contribution in [3.63, 3.8) is 0 Å². The Morgan fingerprint density at radius 3 is 2.56 bits per heavy atom. The summed E-state index contributed by atoms with van der Waals surface area (Å²) in [5.41, 5.74) is 2.36. The van der Waals surface area contributed by atoms with Crippen LogP contribution >= 0.6 is 11.3 Å². The van der Waals surface area contributed by atoms with Gasteiger partial charge < -0.3 is 4.90 Å². The molecule has 0 radical (unpaired) electrons. The summed E-state index contributed by atoms with van der Waals surface area (Å²) >= 11 is 1.22. The Morgan fingerprint density at radius 2 is 1.93 bits per heavy atom. The monoisotopic (exact) mass is 406 g/mol. The molecule has 0 N–H and O–H groups in total.